The van der Waals surface area contributed by atoms with Gasteiger partial charge in [-0.1, -0.05) is 38.1 Å². The number of ether oxygens (including phenoxy) is 2. The van der Waals surface area contributed by atoms with Crippen LogP contribution in [0, 0.1) is 0 Å². The van der Waals surface area contributed by atoms with E-state index in [1.54, 1.807) is 0 Å². The van der Waals surface area contributed by atoms with E-state index in [-0.39, 0.29) is 0 Å². The van der Waals surface area contributed by atoms with Gasteiger partial charge in [-0.05, 0) is 40.8 Å². The molecule has 4 rings (SSSR count). The van der Waals surface area contributed by atoms with Crippen molar-refractivity contribution in [1.29, 1.82) is 0 Å². The van der Waals surface area contributed by atoms with E-state index in [1.165, 1.54) is 22.8 Å². The van der Waals surface area contributed by atoms with Crippen molar-refractivity contribution >= 4 is 10.8 Å². The van der Waals surface area contributed by atoms with Gasteiger partial charge in [0.15, 0.2) is 0 Å². The lowest BCUT2D eigenvalue weighted by Gasteiger charge is -2.26. The second-order valence-electron chi connectivity index (χ2n) is 7.08. The number of hydrogen-bond donors (Lipinski definition) is 0. The maximum Gasteiger partial charge on any atom is 0.123 e. The van der Waals surface area contributed by atoms with Gasteiger partial charge in [-0.2, -0.15) is 0 Å². The third kappa shape index (κ3) is 2.96. The molecule has 2 aliphatic heterocycles. The van der Waals surface area contributed by atoms with Gasteiger partial charge in [-0.15, -0.1) is 0 Å². The number of morpholine rings is 1. The average Bonchev–Trinajstić information content (AvgIpc) is 3.17. The van der Waals surface area contributed by atoms with Crippen molar-refractivity contribution < 1.29 is 9.47 Å². The third-order valence-electron chi connectivity index (χ3n) is 5.15. The highest BCUT2D eigenvalue weighted by atomic mass is 16.5. The van der Waals surface area contributed by atoms with Gasteiger partial charge in [0.1, 0.15) is 12.4 Å². The molecule has 3 heteroatoms. The van der Waals surface area contributed by atoms with Crippen LogP contribution in [0.1, 0.15) is 31.7 Å². The van der Waals surface area contributed by atoms with Crippen molar-refractivity contribution in [3.8, 4) is 5.75 Å². The number of rotatable bonds is 5. The minimum absolute atomic E-state index is 0.464. The highest BCUT2D eigenvalue weighted by molar-refractivity contribution is 5.85. The average molecular weight is 311 g/mol. The topological polar surface area (TPSA) is 21.7 Å². The van der Waals surface area contributed by atoms with Crippen molar-refractivity contribution in [3.63, 3.8) is 0 Å². The lowest BCUT2D eigenvalue weighted by molar-refractivity contribution is 0.0257. The molecule has 2 aliphatic rings. The molecule has 0 saturated carbocycles. The molecule has 2 bridgehead atoms. The van der Waals surface area contributed by atoms with Crippen molar-refractivity contribution in [2.75, 3.05) is 26.3 Å². The summed E-state index contributed by atoms with van der Waals surface area (Å²) < 4.78 is 11.9. The summed E-state index contributed by atoms with van der Waals surface area (Å²) in [6, 6.07) is 13.6. The van der Waals surface area contributed by atoms with E-state index in [9.17, 15) is 0 Å². The normalized spacial score (nSPS) is 24.0. The van der Waals surface area contributed by atoms with E-state index in [2.05, 4.69) is 55.1 Å². The Morgan fingerprint density at radius 1 is 1.22 bits per heavy atom. The Morgan fingerprint density at radius 2 is 2.00 bits per heavy atom. The van der Waals surface area contributed by atoms with Crippen LogP contribution in [0.15, 0.2) is 36.4 Å². The minimum Gasteiger partial charge on any atom is -0.492 e. The van der Waals surface area contributed by atoms with Gasteiger partial charge < -0.3 is 9.47 Å². The van der Waals surface area contributed by atoms with E-state index < -0.39 is 0 Å². The summed E-state index contributed by atoms with van der Waals surface area (Å²) >= 11 is 0. The Balaban J connectivity index is 1.47. The largest absolute Gasteiger partial charge is 0.492 e. The monoisotopic (exact) mass is 311 g/mol. The van der Waals surface area contributed by atoms with Crippen LogP contribution in [0.4, 0.5) is 0 Å². The van der Waals surface area contributed by atoms with Crippen molar-refractivity contribution in [2.24, 2.45) is 0 Å². The zero-order valence-corrected chi connectivity index (χ0v) is 14.0. The quantitative estimate of drug-likeness (QED) is 0.838. The smallest absolute Gasteiger partial charge is 0.123 e. The Kier molecular flexibility index (Phi) is 4.00. The molecule has 23 heavy (non-hydrogen) atoms. The molecule has 2 saturated heterocycles. The fourth-order valence-corrected chi connectivity index (χ4v) is 3.84. The molecule has 0 aliphatic carbocycles. The molecule has 2 heterocycles. The van der Waals surface area contributed by atoms with Crippen LogP contribution < -0.4 is 4.74 Å². The summed E-state index contributed by atoms with van der Waals surface area (Å²) in [6.45, 7) is 8.18. The van der Waals surface area contributed by atoms with Gasteiger partial charge in [-0.3, -0.25) is 4.90 Å². The second kappa shape index (κ2) is 6.14. The zero-order chi connectivity index (χ0) is 15.8. The molecule has 0 radical (unpaired) electrons. The molecule has 2 atom stereocenters. The maximum atomic E-state index is 6.19. The Labute approximate surface area is 138 Å². The summed E-state index contributed by atoms with van der Waals surface area (Å²) in [4.78, 5) is 2.52. The Hall–Kier alpha value is -1.58. The lowest BCUT2D eigenvalue weighted by atomic mass is 9.98. The first-order valence-corrected chi connectivity index (χ1v) is 8.72. The second-order valence-corrected chi connectivity index (χ2v) is 7.08. The lowest BCUT2D eigenvalue weighted by Crippen LogP contribution is -2.39. The molecule has 2 aromatic rings. The molecule has 0 N–H and O–H groups in total. The first kappa shape index (κ1) is 15.0. The molecule has 0 amide bonds. The van der Waals surface area contributed by atoms with Crippen LogP contribution in [0.5, 0.6) is 5.75 Å². The molecular formula is C20H25NO2. The van der Waals surface area contributed by atoms with Crippen LogP contribution >= 0.6 is 0 Å². The predicted octanol–water partition coefficient (Wildman–Crippen LogP) is 3.82. The van der Waals surface area contributed by atoms with Crippen LogP contribution in [0.3, 0.4) is 0 Å². The molecular weight excluding hydrogens is 286 g/mol. The molecule has 3 nitrogen and oxygen atoms in total. The summed E-state index contributed by atoms with van der Waals surface area (Å²) in [7, 11) is 0. The Bertz CT molecular complexity index is 697. The van der Waals surface area contributed by atoms with Crippen molar-refractivity contribution in [2.45, 2.75) is 38.3 Å². The fraction of sp³-hybridized carbons (Fsp3) is 0.500. The first-order valence-electron chi connectivity index (χ1n) is 8.72. The summed E-state index contributed by atoms with van der Waals surface area (Å²) in [5.74, 6) is 1.50. The van der Waals surface area contributed by atoms with E-state index >= 15 is 0 Å². The molecule has 2 unspecified atom stereocenters. The first-order chi connectivity index (χ1) is 11.2. The van der Waals surface area contributed by atoms with Crippen LogP contribution in [0.25, 0.3) is 10.8 Å². The summed E-state index contributed by atoms with van der Waals surface area (Å²) in [5, 5.41) is 2.54. The van der Waals surface area contributed by atoms with Gasteiger partial charge in [-0.25, -0.2) is 0 Å². The molecule has 2 aromatic carbocycles. The molecule has 2 fully saturated rings. The van der Waals surface area contributed by atoms with Crippen LogP contribution in [-0.4, -0.2) is 43.3 Å². The fourth-order valence-electron chi connectivity index (χ4n) is 3.84. The third-order valence-corrected chi connectivity index (χ3v) is 5.15. The van der Waals surface area contributed by atoms with E-state index in [0.717, 1.165) is 32.1 Å². The van der Waals surface area contributed by atoms with Crippen LogP contribution in [-0.2, 0) is 4.74 Å². The van der Waals surface area contributed by atoms with Crippen molar-refractivity contribution in [1.82, 2.24) is 4.90 Å². The minimum atomic E-state index is 0.464. The number of nitrogens with zero attached hydrogens (tertiary/aromatic N) is 1. The molecule has 0 aromatic heterocycles. The number of likely N-dealkylation sites (tertiary alicyclic amines) is 1. The standard InChI is InChI=1S/C20H25NO2/c1-14(2)19-9-15-5-3-4-6-16(15)10-20(19)22-8-7-21-12-18-11-17(21)13-23-18/h3-6,9-10,14,17-18H,7-8,11-13H2,1-2H3. The zero-order valence-electron chi connectivity index (χ0n) is 14.0. The summed E-state index contributed by atoms with van der Waals surface area (Å²) in [5.41, 5.74) is 1.30. The highest BCUT2D eigenvalue weighted by Crippen LogP contribution is 2.32. The maximum absolute atomic E-state index is 6.19. The number of fused-ring (bicyclic) bond motifs is 3. The van der Waals surface area contributed by atoms with Crippen LogP contribution in [0.2, 0.25) is 0 Å². The van der Waals surface area contributed by atoms with E-state index in [0.29, 0.717) is 18.1 Å². The SMILES string of the molecule is CC(C)c1cc2ccccc2cc1OCCN1CC2CC1CO2. The van der Waals surface area contributed by atoms with E-state index in [1.807, 2.05) is 0 Å². The van der Waals surface area contributed by atoms with Gasteiger partial charge in [0.25, 0.3) is 0 Å². The van der Waals surface area contributed by atoms with E-state index in [4.69, 9.17) is 9.47 Å². The molecule has 122 valence electrons. The Morgan fingerprint density at radius 3 is 2.65 bits per heavy atom. The van der Waals surface area contributed by atoms with Gasteiger partial charge >= 0.3 is 0 Å². The summed E-state index contributed by atoms with van der Waals surface area (Å²) in [6.07, 6.45) is 1.67. The van der Waals surface area contributed by atoms with Gasteiger partial charge in [0.05, 0.1) is 12.7 Å². The number of benzene rings is 2. The molecule has 0 spiro atoms. The predicted molar refractivity (Wildman–Crippen MR) is 93.3 cm³/mol. The number of hydrogen-bond acceptors (Lipinski definition) is 3. The van der Waals surface area contributed by atoms with Crippen molar-refractivity contribution in [3.05, 3.63) is 42.0 Å². The highest BCUT2D eigenvalue weighted by Gasteiger charge is 2.38. The van der Waals surface area contributed by atoms with Gasteiger partial charge in [0, 0.05) is 19.1 Å². The van der Waals surface area contributed by atoms with Gasteiger partial charge in [0.2, 0.25) is 0 Å².